The molecule has 0 N–H and O–H groups in total. The van der Waals surface area contributed by atoms with Crippen LogP contribution in [0.5, 0.6) is 0 Å². The molecule has 0 aliphatic carbocycles. The summed E-state index contributed by atoms with van der Waals surface area (Å²) in [4.78, 5) is 32.9. The monoisotopic (exact) mass is 490 g/mol. The van der Waals surface area contributed by atoms with Crippen LogP contribution in [0.4, 0.5) is 0 Å². The van der Waals surface area contributed by atoms with Gasteiger partial charge in [-0.3, -0.25) is 9.36 Å². The molecule has 0 saturated carbocycles. The molecule has 4 rings (SSSR count). The molecule has 0 saturated heterocycles. The summed E-state index contributed by atoms with van der Waals surface area (Å²) in [5.74, 6) is -0.451. The van der Waals surface area contributed by atoms with Crippen LogP contribution in [0.1, 0.15) is 37.9 Å². The van der Waals surface area contributed by atoms with Crippen LogP contribution in [0.15, 0.2) is 86.6 Å². The van der Waals surface area contributed by atoms with Crippen LogP contribution < -0.4 is 14.9 Å². The zero-order valence-corrected chi connectivity index (χ0v) is 21.2. The molecule has 1 aliphatic rings. The van der Waals surface area contributed by atoms with Crippen LogP contribution in [0.2, 0.25) is 0 Å². The summed E-state index contributed by atoms with van der Waals surface area (Å²) >= 11 is 2.96. The molecule has 1 aromatic heterocycles. The third-order valence-electron chi connectivity index (χ3n) is 5.35. The van der Waals surface area contributed by atoms with Crippen LogP contribution in [-0.4, -0.2) is 22.9 Å². The summed E-state index contributed by atoms with van der Waals surface area (Å²) in [7, 11) is 0. The second-order valence-electron chi connectivity index (χ2n) is 8.10. The molecule has 2 heterocycles. The first-order chi connectivity index (χ1) is 16.4. The highest BCUT2D eigenvalue weighted by Gasteiger charge is 2.33. The smallest absolute Gasteiger partial charge is 0.338 e. The second kappa shape index (κ2) is 10.4. The minimum Gasteiger partial charge on any atom is -0.459 e. The maximum absolute atomic E-state index is 13.5. The van der Waals surface area contributed by atoms with E-state index < -0.39 is 12.0 Å². The number of esters is 1. The summed E-state index contributed by atoms with van der Waals surface area (Å²) in [6, 6.07) is 17.2. The van der Waals surface area contributed by atoms with Gasteiger partial charge in [0.25, 0.3) is 5.56 Å². The van der Waals surface area contributed by atoms with Gasteiger partial charge in [0, 0.05) is 4.90 Å². The van der Waals surface area contributed by atoms with Crippen molar-refractivity contribution in [2.75, 3.05) is 6.26 Å². The van der Waals surface area contributed by atoms with E-state index in [0.29, 0.717) is 20.6 Å². The highest BCUT2D eigenvalue weighted by Crippen LogP contribution is 2.31. The number of ether oxygens (including phenoxy) is 1. The van der Waals surface area contributed by atoms with E-state index in [4.69, 9.17) is 4.74 Å². The minimum atomic E-state index is -0.598. The van der Waals surface area contributed by atoms with Crippen LogP contribution in [0.25, 0.3) is 12.2 Å². The standard InChI is InChI=1S/C27H26N2O3S2/c1-17(2)32-26(31)23-18(3)28-27-29(24(23)20-13-15-21(33-4)16-14-20)25(30)22(34-27)12-8-11-19-9-6-5-7-10-19/h5-17,24H,1-4H3. The number of rotatable bonds is 6. The molecule has 1 aliphatic heterocycles. The van der Waals surface area contributed by atoms with Gasteiger partial charge in [-0.1, -0.05) is 66.0 Å². The minimum absolute atomic E-state index is 0.178. The van der Waals surface area contributed by atoms with E-state index in [1.54, 1.807) is 29.3 Å². The van der Waals surface area contributed by atoms with Gasteiger partial charge < -0.3 is 4.74 Å². The van der Waals surface area contributed by atoms with Crippen LogP contribution in [0.3, 0.4) is 0 Å². The number of nitrogens with zero attached hydrogens (tertiary/aromatic N) is 2. The van der Waals surface area contributed by atoms with E-state index in [9.17, 15) is 9.59 Å². The molecule has 0 amide bonds. The van der Waals surface area contributed by atoms with E-state index in [-0.39, 0.29) is 11.7 Å². The molecule has 5 nitrogen and oxygen atoms in total. The Morgan fingerprint density at radius 3 is 2.50 bits per heavy atom. The predicted octanol–water partition coefficient (Wildman–Crippen LogP) is 4.57. The Balaban J connectivity index is 1.85. The molecule has 174 valence electrons. The van der Waals surface area contributed by atoms with Crippen molar-refractivity contribution < 1.29 is 9.53 Å². The van der Waals surface area contributed by atoms with Crippen molar-refractivity contribution in [1.82, 2.24) is 4.57 Å². The largest absolute Gasteiger partial charge is 0.459 e. The van der Waals surface area contributed by atoms with Crippen molar-refractivity contribution in [2.24, 2.45) is 4.99 Å². The fourth-order valence-corrected chi connectivity index (χ4v) is 5.19. The lowest BCUT2D eigenvalue weighted by Crippen LogP contribution is -2.40. The maximum atomic E-state index is 13.5. The van der Waals surface area contributed by atoms with E-state index in [2.05, 4.69) is 4.99 Å². The lowest BCUT2D eigenvalue weighted by molar-refractivity contribution is -0.143. The van der Waals surface area contributed by atoms with Gasteiger partial charge >= 0.3 is 5.97 Å². The third-order valence-corrected chi connectivity index (χ3v) is 7.10. The van der Waals surface area contributed by atoms with Crippen molar-refractivity contribution in [3.63, 3.8) is 0 Å². The van der Waals surface area contributed by atoms with Gasteiger partial charge in [-0.25, -0.2) is 9.79 Å². The van der Waals surface area contributed by atoms with Crippen LogP contribution in [-0.2, 0) is 9.53 Å². The van der Waals surface area contributed by atoms with Crippen LogP contribution in [0, 0.1) is 0 Å². The number of benzene rings is 2. The molecule has 2 aromatic carbocycles. The van der Waals surface area contributed by atoms with Gasteiger partial charge in [0.2, 0.25) is 0 Å². The average molecular weight is 491 g/mol. The predicted molar refractivity (Wildman–Crippen MR) is 140 cm³/mol. The number of hydrogen-bond acceptors (Lipinski definition) is 6. The van der Waals surface area contributed by atoms with Crippen molar-refractivity contribution in [2.45, 2.75) is 37.8 Å². The molecule has 0 radical (unpaired) electrons. The van der Waals surface area contributed by atoms with E-state index >= 15 is 0 Å². The van der Waals surface area contributed by atoms with Gasteiger partial charge in [0.1, 0.15) is 0 Å². The second-order valence-corrected chi connectivity index (χ2v) is 9.99. The molecule has 1 atom stereocenters. The molecule has 0 fully saturated rings. The summed E-state index contributed by atoms with van der Waals surface area (Å²) in [6.07, 6.45) is 7.35. The first-order valence-corrected chi connectivity index (χ1v) is 13.0. The SMILES string of the molecule is CSc1ccc(C2C(C(=O)OC(C)C)=C(C)N=c3sc(=CC=Cc4ccccc4)c(=O)n32)cc1. The van der Waals surface area contributed by atoms with Gasteiger partial charge in [-0.15, -0.1) is 11.8 Å². The Morgan fingerprint density at radius 2 is 1.85 bits per heavy atom. The molecule has 7 heteroatoms. The fourth-order valence-electron chi connectivity index (χ4n) is 3.79. The quantitative estimate of drug-likeness (QED) is 0.375. The molecule has 0 bridgehead atoms. The Hall–Kier alpha value is -3.16. The number of allylic oxidation sites excluding steroid dienone is 2. The lowest BCUT2D eigenvalue weighted by Gasteiger charge is -2.25. The summed E-state index contributed by atoms with van der Waals surface area (Å²) in [5, 5.41) is 0. The molecular formula is C27H26N2O3S2. The fraction of sp³-hybridized carbons (Fsp3) is 0.222. The van der Waals surface area contributed by atoms with E-state index in [1.807, 2.05) is 86.9 Å². The third kappa shape index (κ3) is 5.00. The van der Waals surface area contributed by atoms with Crippen molar-refractivity contribution in [3.8, 4) is 0 Å². The number of carbonyl (C=O) groups excluding carboxylic acids is 1. The first-order valence-electron chi connectivity index (χ1n) is 11.0. The molecule has 3 aromatic rings. The Morgan fingerprint density at radius 1 is 1.15 bits per heavy atom. The Kier molecular flexibility index (Phi) is 7.34. The van der Waals surface area contributed by atoms with Gasteiger partial charge in [-0.2, -0.15) is 0 Å². The van der Waals surface area contributed by atoms with Gasteiger partial charge in [-0.05, 0) is 56.4 Å². The zero-order valence-electron chi connectivity index (χ0n) is 19.5. The number of aromatic nitrogens is 1. The summed E-state index contributed by atoms with van der Waals surface area (Å²) < 4.78 is 7.71. The first kappa shape index (κ1) is 24.0. The van der Waals surface area contributed by atoms with Gasteiger partial charge in [0.15, 0.2) is 4.80 Å². The maximum Gasteiger partial charge on any atom is 0.338 e. The topological polar surface area (TPSA) is 60.7 Å². The number of hydrogen-bond donors (Lipinski definition) is 0. The molecular weight excluding hydrogens is 464 g/mol. The van der Waals surface area contributed by atoms with Gasteiger partial charge in [0.05, 0.1) is 27.9 Å². The molecule has 1 unspecified atom stereocenters. The number of fused-ring (bicyclic) bond motifs is 1. The zero-order chi connectivity index (χ0) is 24.2. The number of thioether (sulfide) groups is 1. The lowest BCUT2D eigenvalue weighted by atomic mass is 9.96. The summed E-state index contributed by atoms with van der Waals surface area (Å²) in [5.41, 5.74) is 2.67. The Bertz CT molecular complexity index is 1430. The molecule has 34 heavy (non-hydrogen) atoms. The number of carbonyl (C=O) groups is 1. The van der Waals surface area contributed by atoms with Crippen LogP contribution >= 0.6 is 23.1 Å². The highest BCUT2D eigenvalue weighted by molar-refractivity contribution is 7.98. The average Bonchev–Trinajstić information content (AvgIpc) is 3.13. The molecule has 0 spiro atoms. The Labute approximate surface area is 206 Å². The highest BCUT2D eigenvalue weighted by atomic mass is 32.2. The van der Waals surface area contributed by atoms with Crippen molar-refractivity contribution >= 4 is 41.2 Å². The van der Waals surface area contributed by atoms with E-state index in [1.165, 1.54) is 11.3 Å². The van der Waals surface area contributed by atoms with Crippen molar-refractivity contribution in [1.29, 1.82) is 0 Å². The van der Waals surface area contributed by atoms with Crippen molar-refractivity contribution in [3.05, 3.63) is 103 Å². The summed E-state index contributed by atoms with van der Waals surface area (Å²) in [6.45, 7) is 5.42. The normalized spacial score (nSPS) is 16.1. The number of thiazole rings is 1. The van der Waals surface area contributed by atoms with E-state index in [0.717, 1.165) is 16.0 Å².